The predicted molar refractivity (Wildman–Crippen MR) is 145 cm³/mol. The lowest BCUT2D eigenvalue weighted by Crippen LogP contribution is -2.44. The van der Waals surface area contributed by atoms with E-state index < -0.39 is 0 Å². The second-order valence-corrected chi connectivity index (χ2v) is 9.48. The van der Waals surface area contributed by atoms with Crippen LogP contribution in [0.3, 0.4) is 0 Å². The van der Waals surface area contributed by atoms with Gasteiger partial charge in [0.25, 0.3) is 0 Å². The summed E-state index contributed by atoms with van der Waals surface area (Å²) in [6.45, 7) is 4.83. The van der Waals surface area contributed by atoms with E-state index in [-0.39, 0.29) is 42.4 Å². The van der Waals surface area contributed by atoms with E-state index >= 15 is 0 Å². The van der Waals surface area contributed by atoms with Crippen molar-refractivity contribution in [2.45, 2.75) is 33.4 Å². The smallest absolute Gasteiger partial charge is 0.245 e. The van der Waals surface area contributed by atoms with Gasteiger partial charge in [-0.2, -0.15) is 5.10 Å². The van der Waals surface area contributed by atoms with E-state index in [0.717, 1.165) is 11.4 Å². The standard InChI is InChI=1S/C26H26BrN7O3/c1-16(2)33(14-24(36)31-23-8-4-7-22(27)30-23)25(37)15-34-21-10-9-18(29-19-6-5-11-28-13-19)12-20(21)26(32-34)17(3)35/h4-13,16,29H,14-15H2,1-3H3,(H,30,31,36). The molecule has 0 aliphatic rings. The summed E-state index contributed by atoms with van der Waals surface area (Å²) in [5.41, 5.74) is 2.47. The Morgan fingerprint density at radius 3 is 2.57 bits per heavy atom. The van der Waals surface area contributed by atoms with Gasteiger partial charge in [0.05, 0.1) is 17.4 Å². The molecule has 0 aliphatic heterocycles. The first-order valence-electron chi connectivity index (χ1n) is 11.6. The Hall–Kier alpha value is -4.12. The van der Waals surface area contributed by atoms with Crippen LogP contribution in [0.25, 0.3) is 10.9 Å². The summed E-state index contributed by atoms with van der Waals surface area (Å²) in [6.07, 6.45) is 3.38. The molecule has 37 heavy (non-hydrogen) atoms. The second-order valence-electron chi connectivity index (χ2n) is 8.67. The van der Waals surface area contributed by atoms with Crippen molar-refractivity contribution in [3.63, 3.8) is 0 Å². The first-order chi connectivity index (χ1) is 17.7. The molecule has 11 heteroatoms. The molecule has 0 radical (unpaired) electrons. The third-order valence-corrected chi connectivity index (χ3v) is 6.00. The van der Waals surface area contributed by atoms with E-state index in [2.05, 4.69) is 41.6 Å². The molecule has 0 spiro atoms. The van der Waals surface area contributed by atoms with E-state index in [4.69, 9.17) is 0 Å². The largest absolute Gasteiger partial charge is 0.354 e. The molecule has 4 aromatic rings. The van der Waals surface area contributed by atoms with Crippen LogP contribution >= 0.6 is 15.9 Å². The number of anilines is 3. The maximum atomic E-state index is 13.3. The third kappa shape index (κ3) is 6.36. The molecule has 0 saturated heterocycles. The van der Waals surface area contributed by atoms with Gasteiger partial charge in [-0.15, -0.1) is 0 Å². The fourth-order valence-corrected chi connectivity index (χ4v) is 4.18. The summed E-state index contributed by atoms with van der Waals surface area (Å²) in [4.78, 5) is 48.0. The van der Waals surface area contributed by atoms with E-state index in [1.54, 1.807) is 30.6 Å². The predicted octanol–water partition coefficient (Wildman–Crippen LogP) is 4.41. The Balaban J connectivity index is 1.54. The van der Waals surface area contributed by atoms with Crippen LogP contribution in [0.1, 0.15) is 31.3 Å². The average molecular weight is 564 g/mol. The molecule has 190 valence electrons. The zero-order chi connectivity index (χ0) is 26.5. The number of ketones is 1. The topological polar surface area (TPSA) is 122 Å². The summed E-state index contributed by atoms with van der Waals surface area (Å²) in [5.74, 6) is -0.496. The Morgan fingerprint density at radius 2 is 1.89 bits per heavy atom. The van der Waals surface area contributed by atoms with Crippen LogP contribution in [0.4, 0.5) is 17.2 Å². The van der Waals surface area contributed by atoms with Crippen LogP contribution in [0.15, 0.2) is 65.5 Å². The quantitative estimate of drug-likeness (QED) is 0.228. The molecule has 0 unspecified atom stereocenters. The lowest BCUT2D eigenvalue weighted by molar-refractivity contribution is -0.137. The normalized spacial score (nSPS) is 10.9. The van der Waals surface area contributed by atoms with Crippen LogP contribution in [0.2, 0.25) is 0 Å². The van der Waals surface area contributed by atoms with Gasteiger partial charge in [0, 0.05) is 30.2 Å². The van der Waals surface area contributed by atoms with Crippen molar-refractivity contribution in [3.05, 3.63) is 71.2 Å². The maximum absolute atomic E-state index is 13.3. The fraction of sp³-hybridized carbons (Fsp3) is 0.231. The Labute approximate surface area is 222 Å². The lowest BCUT2D eigenvalue weighted by atomic mass is 10.1. The van der Waals surface area contributed by atoms with Crippen LogP contribution in [-0.4, -0.2) is 54.8 Å². The Morgan fingerprint density at radius 1 is 1.08 bits per heavy atom. The van der Waals surface area contributed by atoms with Crippen molar-refractivity contribution >= 4 is 61.6 Å². The molecular formula is C26H26BrN7O3. The van der Waals surface area contributed by atoms with E-state index in [9.17, 15) is 14.4 Å². The number of carbonyl (C=O) groups is 3. The number of fused-ring (bicyclic) bond motifs is 1. The molecule has 2 amide bonds. The van der Waals surface area contributed by atoms with Crippen LogP contribution in [0.5, 0.6) is 0 Å². The minimum atomic E-state index is -0.367. The van der Waals surface area contributed by atoms with Gasteiger partial charge in [-0.1, -0.05) is 6.07 Å². The number of pyridine rings is 2. The fourth-order valence-electron chi connectivity index (χ4n) is 3.83. The lowest BCUT2D eigenvalue weighted by Gasteiger charge is -2.26. The first kappa shape index (κ1) is 26.0. The number of halogens is 1. The summed E-state index contributed by atoms with van der Waals surface area (Å²) < 4.78 is 2.10. The number of rotatable bonds is 9. The van der Waals surface area contributed by atoms with E-state index in [0.29, 0.717) is 21.3 Å². The molecule has 0 saturated carbocycles. The van der Waals surface area contributed by atoms with Gasteiger partial charge in [-0.05, 0) is 72.2 Å². The van der Waals surface area contributed by atoms with Crippen molar-refractivity contribution in [3.8, 4) is 0 Å². The Kier molecular flexibility index (Phi) is 7.92. The molecule has 0 fully saturated rings. The highest BCUT2D eigenvalue weighted by Gasteiger charge is 2.23. The van der Waals surface area contributed by atoms with Crippen molar-refractivity contribution in [1.82, 2.24) is 24.6 Å². The highest BCUT2D eigenvalue weighted by atomic mass is 79.9. The molecule has 3 aromatic heterocycles. The number of Topliss-reactive ketones (excluding diaryl/α,β-unsaturated/α-hetero) is 1. The number of carbonyl (C=O) groups excluding carboxylic acids is 3. The highest BCUT2D eigenvalue weighted by Crippen LogP contribution is 2.25. The second kappa shape index (κ2) is 11.3. The van der Waals surface area contributed by atoms with Gasteiger partial charge in [0.15, 0.2) is 5.78 Å². The average Bonchev–Trinajstić information content (AvgIpc) is 3.20. The van der Waals surface area contributed by atoms with Crippen molar-refractivity contribution in [1.29, 1.82) is 0 Å². The molecule has 0 aliphatic carbocycles. The number of benzene rings is 1. The molecule has 2 N–H and O–H groups in total. The molecule has 3 heterocycles. The first-order valence-corrected chi connectivity index (χ1v) is 12.4. The SMILES string of the molecule is CC(=O)c1nn(CC(=O)N(CC(=O)Nc2cccc(Br)n2)C(C)C)c2ccc(Nc3cccnc3)cc12. The molecule has 10 nitrogen and oxygen atoms in total. The van der Waals surface area contributed by atoms with Gasteiger partial charge in [-0.25, -0.2) is 4.98 Å². The summed E-state index contributed by atoms with van der Waals surface area (Å²) in [6, 6.07) is 14.1. The van der Waals surface area contributed by atoms with Crippen LogP contribution in [-0.2, 0) is 16.1 Å². The maximum Gasteiger partial charge on any atom is 0.245 e. The molecular weight excluding hydrogens is 538 g/mol. The van der Waals surface area contributed by atoms with Gasteiger partial charge in [-0.3, -0.25) is 24.0 Å². The van der Waals surface area contributed by atoms with Crippen molar-refractivity contribution < 1.29 is 14.4 Å². The number of hydrogen-bond acceptors (Lipinski definition) is 7. The van der Waals surface area contributed by atoms with E-state index in [1.165, 1.54) is 16.5 Å². The minimum absolute atomic E-state index is 0.125. The van der Waals surface area contributed by atoms with Crippen LogP contribution in [0, 0.1) is 0 Å². The number of amides is 2. The molecule has 0 bridgehead atoms. The van der Waals surface area contributed by atoms with Gasteiger partial charge in [0.1, 0.15) is 29.2 Å². The zero-order valence-corrected chi connectivity index (χ0v) is 22.2. The molecule has 4 rings (SSSR count). The monoisotopic (exact) mass is 563 g/mol. The minimum Gasteiger partial charge on any atom is -0.354 e. The van der Waals surface area contributed by atoms with Crippen molar-refractivity contribution in [2.75, 3.05) is 17.2 Å². The number of hydrogen-bond donors (Lipinski definition) is 2. The number of aromatic nitrogens is 4. The Bertz CT molecular complexity index is 1450. The summed E-state index contributed by atoms with van der Waals surface area (Å²) >= 11 is 3.27. The van der Waals surface area contributed by atoms with E-state index in [1.807, 2.05) is 44.2 Å². The number of nitrogens with one attached hydrogen (secondary N) is 2. The third-order valence-electron chi connectivity index (χ3n) is 5.56. The number of nitrogens with zero attached hydrogens (tertiary/aromatic N) is 5. The molecule has 1 aromatic carbocycles. The highest BCUT2D eigenvalue weighted by molar-refractivity contribution is 9.10. The van der Waals surface area contributed by atoms with Crippen LogP contribution < -0.4 is 10.6 Å². The molecule has 0 atom stereocenters. The van der Waals surface area contributed by atoms with Gasteiger partial charge < -0.3 is 15.5 Å². The summed E-state index contributed by atoms with van der Waals surface area (Å²) in [7, 11) is 0. The van der Waals surface area contributed by atoms with Gasteiger partial charge in [0.2, 0.25) is 11.8 Å². The van der Waals surface area contributed by atoms with Gasteiger partial charge >= 0.3 is 0 Å². The van der Waals surface area contributed by atoms with Crippen molar-refractivity contribution in [2.24, 2.45) is 0 Å². The summed E-state index contributed by atoms with van der Waals surface area (Å²) in [5, 5.41) is 11.0. The zero-order valence-electron chi connectivity index (χ0n) is 20.6.